The van der Waals surface area contributed by atoms with Crippen LogP contribution in [0.3, 0.4) is 0 Å². The molecule has 0 aliphatic carbocycles. The number of nitrogens with two attached hydrogens (primary N) is 1. The van der Waals surface area contributed by atoms with E-state index in [1.165, 1.54) is 11.3 Å². The van der Waals surface area contributed by atoms with Gasteiger partial charge in [-0.25, -0.2) is 0 Å². The first-order valence-corrected chi connectivity index (χ1v) is 6.19. The molecule has 1 heterocycles. The van der Waals surface area contributed by atoms with Crippen molar-refractivity contribution in [2.75, 3.05) is 18.0 Å². The van der Waals surface area contributed by atoms with Crippen molar-refractivity contribution in [2.24, 2.45) is 11.7 Å². The molecule has 2 nitrogen and oxygen atoms in total. The van der Waals surface area contributed by atoms with E-state index in [-0.39, 0.29) is 6.04 Å². The maximum atomic E-state index is 6.08. The smallest absolute Gasteiger partial charge is 0.0403 e. The molecule has 0 amide bonds. The van der Waals surface area contributed by atoms with Crippen LogP contribution in [0.2, 0.25) is 0 Å². The first-order valence-electron chi connectivity index (χ1n) is 6.19. The number of nitrogens with zero attached hydrogens (tertiary/aromatic N) is 1. The zero-order valence-electron chi connectivity index (χ0n) is 10.5. The van der Waals surface area contributed by atoms with E-state index in [4.69, 9.17) is 5.73 Å². The number of fused-ring (bicyclic) bond motifs is 1. The molecule has 0 aromatic heterocycles. The summed E-state index contributed by atoms with van der Waals surface area (Å²) in [6.07, 6.45) is 0. The monoisotopic (exact) mass is 218 g/mol. The second kappa shape index (κ2) is 4.46. The minimum atomic E-state index is 0.235. The van der Waals surface area contributed by atoms with Crippen LogP contribution in [0.15, 0.2) is 24.3 Å². The van der Waals surface area contributed by atoms with Crippen LogP contribution < -0.4 is 10.6 Å². The van der Waals surface area contributed by atoms with Gasteiger partial charge in [0.2, 0.25) is 0 Å². The molecule has 0 saturated heterocycles. The van der Waals surface area contributed by atoms with Gasteiger partial charge < -0.3 is 10.6 Å². The van der Waals surface area contributed by atoms with Crippen LogP contribution in [-0.2, 0) is 0 Å². The van der Waals surface area contributed by atoms with Gasteiger partial charge in [-0.3, -0.25) is 0 Å². The van der Waals surface area contributed by atoms with Crippen molar-refractivity contribution in [3.63, 3.8) is 0 Å². The SMILES string of the molecule is CC(C)CN1CC(C(C)N)c2ccccc21. The molecule has 2 heteroatoms. The summed E-state index contributed by atoms with van der Waals surface area (Å²) < 4.78 is 0. The van der Waals surface area contributed by atoms with Crippen LogP contribution in [0, 0.1) is 5.92 Å². The van der Waals surface area contributed by atoms with Crippen LogP contribution in [0.5, 0.6) is 0 Å². The van der Waals surface area contributed by atoms with Crippen molar-refractivity contribution in [2.45, 2.75) is 32.7 Å². The molecule has 1 aromatic carbocycles. The summed E-state index contributed by atoms with van der Waals surface area (Å²) in [5.41, 5.74) is 8.90. The van der Waals surface area contributed by atoms with E-state index in [2.05, 4.69) is 49.9 Å². The Bertz CT molecular complexity index is 358. The van der Waals surface area contributed by atoms with Crippen LogP contribution >= 0.6 is 0 Å². The number of benzene rings is 1. The largest absolute Gasteiger partial charge is 0.370 e. The summed E-state index contributed by atoms with van der Waals surface area (Å²) in [5.74, 6) is 1.19. The third kappa shape index (κ3) is 2.07. The molecule has 1 aliphatic heterocycles. The third-order valence-electron chi connectivity index (χ3n) is 3.31. The number of hydrogen-bond acceptors (Lipinski definition) is 2. The van der Waals surface area contributed by atoms with Gasteiger partial charge in [-0.15, -0.1) is 0 Å². The first kappa shape index (κ1) is 11.5. The Morgan fingerprint density at radius 3 is 2.62 bits per heavy atom. The summed E-state index contributed by atoms with van der Waals surface area (Å²) in [7, 11) is 0. The molecule has 88 valence electrons. The van der Waals surface area contributed by atoms with Crippen molar-refractivity contribution < 1.29 is 0 Å². The number of rotatable bonds is 3. The predicted molar refractivity (Wildman–Crippen MR) is 69.9 cm³/mol. The molecule has 1 aromatic rings. The normalized spacial score (nSPS) is 21.3. The Balaban J connectivity index is 2.28. The highest BCUT2D eigenvalue weighted by Gasteiger charge is 2.30. The van der Waals surface area contributed by atoms with Gasteiger partial charge in [-0.05, 0) is 24.5 Å². The first-order chi connectivity index (χ1) is 7.59. The number of anilines is 1. The molecule has 0 saturated carbocycles. The lowest BCUT2D eigenvalue weighted by molar-refractivity contribution is 0.554. The zero-order chi connectivity index (χ0) is 11.7. The molecular formula is C14H22N2. The van der Waals surface area contributed by atoms with E-state index >= 15 is 0 Å². The van der Waals surface area contributed by atoms with Gasteiger partial charge in [0.25, 0.3) is 0 Å². The van der Waals surface area contributed by atoms with Gasteiger partial charge in [0.05, 0.1) is 0 Å². The van der Waals surface area contributed by atoms with Crippen LogP contribution in [0.25, 0.3) is 0 Å². The second-order valence-corrected chi connectivity index (χ2v) is 5.32. The summed E-state index contributed by atoms with van der Waals surface area (Å²) in [6, 6.07) is 8.92. The number of hydrogen-bond donors (Lipinski definition) is 1. The average molecular weight is 218 g/mol. The molecule has 0 radical (unpaired) electrons. The Kier molecular flexibility index (Phi) is 3.20. The van der Waals surface area contributed by atoms with Crippen molar-refractivity contribution in [1.82, 2.24) is 0 Å². The minimum absolute atomic E-state index is 0.235. The fraction of sp³-hybridized carbons (Fsp3) is 0.571. The molecule has 2 atom stereocenters. The second-order valence-electron chi connectivity index (χ2n) is 5.32. The van der Waals surface area contributed by atoms with Gasteiger partial charge in [0.1, 0.15) is 0 Å². The van der Waals surface area contributed by atoms with E-state index in [1.54, 1.807) is 0 Å². The zero-order valence-corrected chi connectivity index (χ0v) is 10.5. The number of para-hydroxylation sites is 1. The maximum absolute atomic E-state index is 6.08. The van der Waals surface area contributed by atoms with E-state index in [0.29, 0.717) is 11.8 Å². The molecule has 2 N–H and O–H groups in total. The van der Waals surface area contributed by atoms with E-state index < -0.39 is 0 Å². The standard InChI is InChI=1S/C14H22N2/c1-10(2)8-16-9-13(11(3)15)12-6-4-5-7-14(12)16/h4-7,10-11,13H,8-9,15H2,1-3H3. The van der Waals surface area contributed by atoms with E-state index in [9.17, 15) is 0 Å². The Morgan fingerprint density at radius 1 is 1.31 bits per heavy atom. The lowest BCUT2D eigenvalue weighted by Crippen LogP contribution is -2.32. The predicted octanol–water partition coefficient (Wildman–Crippen LogP) is 2.59. The van der Waals surface area contributed by atoms with Gasteiger partial charge in [-0.1, -0.05) is 32.0 Å². The summed E-state index contributed by atoms with van der Waals surface area (Å²) in [4.78, 5) is 2.48. The summed E-state index contributed by atoms with van der Waals surface area (Å²) in [6.45, 7) is 8.85. The Morgan fingerprint density at radius 2 is 2.00 bits per heavy atom. The van der Waals surface area contributed by atoms with Crippen LogP contribution in [0.4, 0.5) is 5.69 Å². The highest BCUT2D eigenvalue weighted by Crippen LogP contribution is 2.37. The molecule has 2 unspecified atom stereocenters. The quantitative estimate of drug-likeness (QED) is 0.845. The van der Waals surface area contributed by atoms with Crippen molar-refractivity contribution in [3.8, 4) is 0 Å². The van der Waals surface area contributed by atoms with Gasteiger partial charge in [0, 0.05) is 30.7 Å². The summed E-state index contributed by atoms with van der Waals surface area (Å²) >= 11 is 0. The van der Waals surface area contributed by atoms with Gasteiger partial charge >= 0.3 is 0 Å². The third-order valence-corrected chi connectivity index (χ3v) is 3.31. The van der Waals surface area contributed by atoms with Gasteiger partial charge in [-0.2, -0.15) is 0 Å². The fourth-order valence-corrected chi connectivity index (χ4v) is 2.59. The van der Waals surface area contributed by atoms with Crippen molar-refractivity contribution in [1.29, 1.82) is 0 Å². The lowest BCUT2D eigenvalue weighted by Gasteiger charge is -2.22. The topological polar surface area (TPSA) is 29.3 Å². The maximum Gasteiger partial charge on any atom is 0.0403 e. The average Bonchev–Trinajstić information content (AvgIpc) is 2.57. The fourth-order valence-electron chi connectivity index (χ4n) is 2.59. The Hall–Kier alpha value is -1.02. The highest BCUT2D eigenvalue weighted by atomic mass is 15.2. The molecule has 0 fully saturated rings. The molecule has 16 heavy (non-hydrogen) atoms. The molecule has 2 rings (SSSR count). The van der Waals surface area contributed by atoms with E-state index in [1.807, 2.05) is 0 Å². The van der Waals surface area contributed by atoms with Crippen LogP contribution in [0.1, 0.15) is 32.3 Å². The molecule has 1 aliphatic rings. The lowest BCUT2D eigenvalue weighted by atomic mass is 9.95. The van der Waals surface area contributed by atoms with Crippen LogP contribution in [-0.4, -0.2) is 19.1 Å². The Labute approximate surface area is 98.4 Å². The minimum Gasteiger partial charge on any atom is -0.370 e. The van der Waals surface area contributed by atoms with Gasteiger partial charge in [0.15, 0.2) is 0 Å². The highest BCUT2D eigenvalue weighted by molar-refractivity contribution is 5.60. The van der Waals surface area contributed by atoms with Crippen molar-refractivity contribution in [3.05, 3.63) is 29.8 Å². The van der Waals surface area contributed by atoms with Crippen molar-refractivity contribution >= 4 is 5.69 Å². The summed E-state index contributed by atoms with van der Waals surface area (Å²) in [5, 5.41) is 0. The molecule has 0 spiro atoms. The molecular weight excluding hydrogens is 196 g/mol. The van der Waals surface area contributed by atoms with E-state index in [0.717, 1.165) is 13.1 Å². The molecule has 0 bridgehead atoms.